The van der Waals surface area contributed by atoms with Crippen molar-refractivity contribution in [2.45, 2.75) is 25.6 Å². The molecule has 10 heavy (non-hydrogen) atoms. The molecule has 0 heterocycles. The first-order valence-corrected chi connectivity index (χ1v) is 7.30. The van der Waals surface area contributed by atoms with E-state index in [1.165, 1.54) is 12.5 Å². The molecule has 0 aliphatic carbocycles. The quantitative estimate of drug-likeness (QED) is 0.436. The van der Waals surface area contributed by atoms with Crippen molar-refractivity contribution in [3.63, 3.8) is 0 Å². The Morgan fingerprint density at radius 1 is 1.30 bits per heavy atom. The molecule has 0 spiro atoms. The Kier molecular flexibility index (Phi) is 7.35. The fraction of sp³-hybridized carbons (Fsp3) is 1.00. The second-order valence-electron chi connectivity index (χ2n) is 3.07. The molecule has 62 valence electrons. The number of rotatable bonds is 6. The normalized spacial score (nSPS) is 10.8. The summed E-state index contributed by atoms with van der Waals surface area (Å²) in [5, 5.41) is 3.29. The average Bonchev–Trinajstić information content (AvgIpc) is 1.87. The van der Waals surface area contributed by atoms with Crippen LogP contribution in [-0.4, -0.2) is 28.4 Å². The molecule has 0 radical (unpaired) electrons. The zero-order chi connectivity index (χ0) is 7.82. The molecule has 0 rings (SSSR count). The molecule has 2 nitrogen and oxygen atoms in total. The predicted molar refractivity (Wildman–Crippen MR) is 50.2 cm³/mol. The first-order chi connectivity index (χ1) is 4.77. The molecule has 3 heteroatoms. The standard InChI is InChI=1S/C7H20N2Si/c1-10(2)7-3-5-9-6-4-8/h9-10H,3-8H2,1-2H3. The van der Waals surface area contributed by atoms with Crippen LogP contribution in [0, 0.1) is 0 Å². The number of hydrogen-bond donors (Lipinski definition) is 2. The van der Waals surface area contributed by atoms with Crippen LogP contribution in [-0.2, 0) is 0 Å². The smallest absolute Gasteiger partial charge is 0.0306 e. The summed E-state index contributed by atoms with van der Waals surface area (Å²) in [4.78, 5) is 0. The van der Waals surface area contributed by atoms with Gasteiger partial charge in [-0.2, -0.15) is 0 Å². The van der Waals surface area contributed by atoms with E-state index in [2.05, 4.69) is 18.4 Å². The van der Waals surface area contributed by atoms with Gasteiger partial charge in [-0.15, -0.1) is 0 Å². The molecule has 0 atom stereocenters. The van der Waals surface area contributed by atoms with Gasteiger partial charge in [-0.05, 0) is 13.0 Å². The molecule has 3 N–H and O–H groups in total. The van der Waals surface area contributed by atoms with Crippen LogP contribution in [0.5, 0.6) is 0 Å². The summed E-state index contributed by atoms with van der Waals surface area (Å²) < 4.78 is 0. The molecule has 0 aromatic rings. The molecule has 0 unspecified atom stereocenters. The number of hydrogen-bond acceptors (Lipinski definition) is 2. The van der Waals surface area contributed by atoms with Crippen LogP contribution in [0.1, 0.15) is 6.42 Å². The van der Waals surface area contributed by atoms with Gasteiger partial charge in [0.2, 0.25) is 0 Å². The van der Waals surface area contributed by atoms with Gasteiger partial charge in [-0.1, -0.05) is 19.1 Å². The lowest BCUT2D eigenvalue weighted by atomic mass is 10.5. The fourth-order valence-electron chi connectivity index (χ4n) is 0.862. The molecule has 0 fully saturated rings. The van der Waals surface area contributed by atoms with Gasteiger partial charge in [0.25, 0.3) is 0 Å². The second kappa shape index (κ2) is 7.25. The van der Waals surface area contributed by atoms with Gasteiger partial charge in [0.15, 0.2) is 0 Å². The summed E-state index contributed by atoms with van der Waals surface area (Å²) in [6.45, 7) is 7.67. The summed E-state index contributed by atoms with van der Waals surface area (Å²) in [6.07, 6.45) is 1.34. The van der Waals surface area contributed by atoms with E-state index in [1.54, 1.807) is 0 Å². The van der Waals surface area contributed by atoms with Crippen molar-refractivity contribution in [3.8, 4) is 0 Å². The highest BCUT2D eigenvalue weighted by Gasteiger charge is 1.93. The van der Waals surface area contributed by atoms with Crippen molar-refractivity contribution >= 4 is 8.80 Å². The van der Waals surface area contributed by atoms with Crippen LogP contribution in [0.4, 0.5) is 0 Å². The van der Waals surface area contributed by atoms with E-state index >= 15 is 0 Å². The summed E-state index contributed by atoms with van der Waals surface area (Å²) in [5.74, 6) is 0. The Balaban J connectivity index is 2.77. The Bertz CT molecular complexity index is 66.6. The van der Waals surface area contributed by atoms with Crippen LogP contribution in [0.2, 0.25) is 19.1 Å². The topological polar surface area (TPSA) is 38.0 Å². The first kappa shape index (κ1) is 10.1. The third kappa shape index (κ3) is 8.14. The molecule has 0 saturated heterocycles. The van der Waals surface area contributed by atoms with Gasteiger partial charge in [-0.25, -0.2) is 0 Å². The van der Waals surface area contributed by atoms with Crippen molar-refractivity contribution in [3.05, 3.63) is 0 Å². The van der Waals surface area contributed by atoms with E-state index in [9.17, 15) is 0 Å². The third-order valence-electron chi connectivity index (χ3n) is 1.46. The predicted octanol–water partition coefficient (Wildman–Crippen LogP) is 0.411. The van der Waals surface area contributed by atoms with Gasteiger partial charge in [0.1, 0.15) is 0 Å². The van der Waals surface area contributed by atoms with Crippen molar-refractivity contribution in [1.82, 2.24) is 5.32 Å². The molecule has 0 aliphatic heterocycles. The van der Waals surface area contributed by atoms with E-state index in [4.69, 9.17) is 5.73 Å². The van der Waals surface area contributed by atoms with Crippen LogP contribution >= 0.6 is 0 Å². The largest absolute Gasteiger partial charge is 0.329 e. The maximum Gasteiger partial charge on any atom is 0.0306 e. The lowest BCUT2D eigenvalue weighted by Gasteiger charge is -2.03. The molecular formula is C7H20N2Si. The van der Waals surface area contributed by atoms with Crippen molar-refractivity contribution in [1.29, 1.82) is 0 Å². The highest BCUT2D eigenvalue weighted by molar-refractivity contribution is 6.55. The van der Waals surface area contributed by atoms with E-state index in [-0.39, 0.29) is 8.80 Å². The van der Waals surface area contributed by atoms with Gasteiger partial charge in [0, 0.05) is 21.9 Å². The Labute approximate surface area is 65.8 Å². The number of nitrogens with one attached hydrogen (secondary N) is 1. The van der Waals surface area contributed by atoms with Crippen LogP contribution in [0.15, 0.2) is 0 Å². The molecule has 0 amide bonds. The molecule has 0 bridgehead atoms. The zero-order valence-electron chi connectivity index (χ0n) is 7.19. The lowest BCUT2D eigenvalue weighted by Crippen LogP contribution is -2.23. The maximum absolute atomic E-state index is 5.32. The minimum Gasteiger partial charge on any atom is -0.329 e. The molecule has 0 aliphatic rings. The van der Waals surface area contributed by atoms with E-state index < -0.39 is 0 Å². The van der Waals surface area contributed by atoms with Crippen LogP contribution < -0.4 is 11.1 Å². The monoisotopic (exact) mass is 160 g/mol. The average molecular weight is 160 g/mol. The maximum atomic E-state index is 5.32. The SMILES string of the molecule is C[SiH](C)CCCNCCN. The second-order valence-corrected chi connectivity index (χ2v) is 6.44. The summed E-state index contributed by atoms with van der Waals surface area (Å²) in [6, 6.07) is 1.46. The third-order valence-corrected chi connectivity index (χ3v) is 3.02. The highest BCUT2D eigenvalue weighted by atomic mass is 28.3. The minimum atomic E-state index is -0.293. The Morgan fingerprint density at radius 3 is 2.50 bits per heavy atom. The first-order valence-electron chi connectivity index (χ1n) is 4.18. The lowest BCUT2D eigenvalue weighted by molar-refractivity contribution is 0.676. The van der Waals surface area contributed by atoms with Crippen molar-refractivity contribution in [2.75, 3.05) is 19.6 Å². The summed E-state index contributed by atoms with van der Waals surface area (Å²) in [7, 11) is -0.293. The van der Waals surface area contributed by atoms with E-state index in [0.29, 0.717) is 0 Å². The Morgan fingerprint density at radius 2 is 2.00 bits per heavy atom. The summed E-state index contributed by atoms with van der Waals surface area (Å²) in [5.41, 5.74) is 5.32. The number of nitrogens with two attached hydrogens (primary N) is 1. The van der Waals surface area contributed by atoms with E-state index in [0.717, 1.165) is 19.6 Å². The zero-order valence-corrected chi connectivity index (χ0v) is 8.34. The van der Waals surface area contributed by atoms with Gasteiger partial charge in [0.05, 0.1) is 0 Å². The molecule has 0 aromatic carbocycles. The Hall–Kier alpha value is 0.137. The fourth-order valence-corrected chi connectivity index (χ4v) is 1.88. The molecule has 0 saturated carbocycles. The minimum absolute atomic E-state index is 0.293. The molecule has 0 aromatic heterocycles. The van der Waals surface area contributed by atoms with Gasteiger partial charge >= 0.3 is 0 Å². The summed E-state index contributed by atoms with van der Waals surface area (Å²) >= 11 is 0. The van der Waals surface area contributed by atoms with Crippen molar-refractivity contribution < 1.29 is 0 Å². The van der Waals surface area contributed by atoms with E-state index in [1.807, 2.05) is 0 Å². The van der Waals surface area contributed by atoms with Crippen LogP contribution in [0.3, 0.4) is 0 Å². The van der Waals surface area contributed by atoms with Crippen LogP contribution in [0.25, 0.3) is 0 Å². The van der Waals surface area contributed by atoms with Gasteiger partial charge < -0.3 is 11.1 Å². The van der Waals surface area contributed by atoms with Crippen molar-refractivity contribution in [2.24, 2.45) is 5.73 Å². The molecular weight excluding hydrogens is 140 g/mol. The highest BCUT2D eigenvalue weighted by Crippen LogP contribution is 1.94. The van der Waals surface area contributed by atoms with Gasteiger partial charge in [-0.3, -0.25) is 0 Å².